The van der Waals surface area contributed by atoms with Crippen molar-refractivity contribution < 1.29 is 23.8 Å². The first-order valence-corrected chi connectivity index (χ1v) is 9.34. The minimum absolute atomic E-state index is 0.166. The molecule has 0 saturated heterocycles. The molecule has 154 valence electrons. The monoisotopic (exact) mass is 406 g/mol. The number of carbonyl (C=O) groups is 2. The van der Waals surface area contributed by atoms with Crippen LogP contribution in [0.4, 0.5) is 5.69 Å². The Hall–Kier alpha value is -3.79. The van der Waals surface area contributed by atoms with Gasteiger partial charge in [-0.05, 0) is 49.4 Å². The lowest BCUT2D eigenvalue weighted by Gasteiger charge is -2.27. The van der Waals surface area contributed by atoms with Gasteiger partial charge in [0, 0.05) is 22.1 Å². The summed E-state index contributed by atoms with van der Waals surface area (Å²) in [6.07, 6.45) is -1.01. The number of amides is 1. The van der Waals surface area contributed by atoms with Gasteiger partial charge in [0.1, 0.15) is 11.3 Å². The molecule has 0 spiro atoms. The zero-order chi connectivity index (χ0) is 22.1. The minimum atomic E-state index is -1.04. The highest BCUT2D eigenvalue weighted by Gasteiger charge is 2.33. The van der Waals surface area contributed by atoms with Gasteiger partial charge in [-0.25, -0.2) is 4.79 Å². The molecule has 1 aromatic heterocycles. The molecule has 2 N–H and O–H groups in total. The van der Waals surface area contributed by atoms with Gasteiger partial charge in [-0.3, -0.25) is 4.79 Å². The summed E-state index contributed by atoms with van der Waals surface area (Å²) in [5.41, 5.74) is 1.59. The number of rotatable bonds is 5. The number of nitrogens with zero attached hydrogens (tertiary/aromatic N) is 1. The van der Waals surface area contributed by atoms with Gasteiger partial charge in [0.2, 0.25) is 0 Å². The van der Waals surface area contributed by atoms with Crippen LogP contribution in [-0.4, -0.2) is 23.1 Å². The van der Waals surface area contributed by atoms with E-state index in [4.69, 9.17) is 14.4 Å². The summed E-state index contributed by atoms with van der Waals surface area (Å²) in [4.78, 5) is 24.1. The molecular formula is C23H22N2O5. The van der Waals surface area contributed by atoms with E-state index < -0.39 is 23.4 Å². The number of fused-ring (bicyclic) bond motifs is 1. The van der Waals surface area contributed by atoms with E-state index in [0.717, 1.165) is 0 Å². The minimum Gasteiger partial charge on any atom is -0.478 e. The standard InChI is InChI=1S/C23H22N2O5/c1-13-17-11-14(12-24)5-10-18(17)30-19(13)21(26)25-15-6-8-16(9-7-15)29-20(22(27)28)23(2,3)4/h5-11,20H,1-4H3,(H,25,26)(H,27,28). The van der Waals surface area contributed by atoms with Gasteiger partial charge < -0.3 is 19.6 Å². The quantitative estimate of drug-likeness (QED) is 0.633. The molecule has 7 nitrogen and oxygen atoms in total. The van der Waals surface area contributed by atoms with Crippen molar-refractivity contribution in [1.29, 1.82) is 5.26 Å². The number of ether oxygens (including phenoxy) is 1. The van der Waals surface area contributed by atoms with Crippen LogP contribution in [0.2, 0.25) is 0 Å². The van der Waals surface area contributed by atoms with Crippen molar-refractivity contribution in [3.05, 3.63) is 59.4 Å². The summed E-state index contributed by atoms with van der Waals surface area (Å²) in [6, 6.07) is 13.5. The highest BCUT2D eigenvalue weighted by Crippen LogP contribution is 2.28. The van der Waals surface area contributed by atoms with Crippen LogP contribution < -0.4 is 10.1 Å². The maximum Gasteiger partial charge on any atom is 0.345 e. The molecule has 3 aromatic rings. The maximum absolute atomic E-state index is 12.7. The lowest BCUT2D eigenvalue weighted by Crippen LogP contribution is -2.39. The average molecular weight is 406 g/mol. The summed E-state index contributed by atoms with van der Waals surface area (Å²) in [6.45, 7) is 7.12. The summed E-state index contributed by atoms with van der Waals surface area (Å²) in [7, 11) is 0. The fourth-order valence-electron chi connectivity index (χ4n) is 3.05. The molecule has 2 aromatic carbocycles. The van der Waals surface area contributed by atoms with Gasteiger partial charge in [-0.2, -0.15) is 5.26 Å². The van der Waals surface area contributed by atoms with E-state index in [-0.39, 0.29) is 5.76 Å². The van der Waals surface area contributed by atoms with E-state index in [1.165, 1.54) is 0 Å². The van der Waals surface area contributed by atoms with Crippen molar-refractivity contribution in [2.75, 3.05) is 5.32 Å². The van der Waals surface area contributed by atoms with Crippen LogP contribution in [0.1, 0.15) is 42.5 Å². The van der Waals surface area contributed by atoms with Gasteiger partial charge >= 0.3 is 5.97 Å². The smallest absolute Gasteiger partial charge is 0.345 e. The Morgan fingerprint density at radius 2 is 1.83 bits per heavy atom. The predicted octanol–water partition coefficient (Wildman–Crippen LogP) is 4.74. The van der Waals surface area contributed by atoms with Gasteiger partial charge in [0.25, 0.3) is 5.91 Å². The third-order valence-electron chi connectivity index (χ3n) is 4.65. The molecule has 0 aliphatic rings. The zero-order valence-electron chi connectivity index (χ0n) is 17.1. The Morgan fingerprint density at radius 3 is 2.40 bits per heavy atom. The molecule has 1 heterocycles. The van der Waals surface area contributed by atoms with Gasteiger partial charge in [0.15, 0.2) is 11.9 Å². The third kappa shape index (κ3) is 4.28. The van der Waals surface area contributed by atoms with E-state index >= 15 is 0 Å². The summed E-state index contributed by atoms with van der Waals surface area (Å²) >= 11 is 0. The molecule has 0 bridgehead atoms. The van der Waals surface area contributed by atoms with Crippen molar-refractivity contribution in [1.82, 2.24) is 0 Å². The number of carbonyl (C=O) groups excluding carboxylic acids is 1. The highest BCUT2D eigenvalue weighted by atomic mass is 16.5. The number of anilines is 1. The molecule has 1 amide bonds. The van der Waals surface area contributed by atoms with Gasteiger partial charge in [-0.15, -0.1) is 0 Å². The number of carboxylic acids is 1. The van der Waals surface area contributed by atoms with Crippen LogP contribution >= 0.6 is 0 Å². The van der Waals surface area contributed by atoms with Crippen molar-refractivity contribution in [2.45, 2.75) is 33.8 Å². The second-order valence-electron chi connectivity index (χ2n) is 8.06. The first-order chi connectivity index (χ1) is 14.1. The molecule has 0 fully saturated rings. The van der Waals surface area contributed by atoms with E-state index in [1.807, 2.05) is 0 Å². The Balaban J connectivity index is 1.76. The number of furan rings is 1. The second kappa shape index (κ2) is 7.91. The van der Waals surface area contributed by atoms with Crippen LogP contribution in [0.25, 0.3) is 11.0 Å². The number of hydrogen-bond donors (Lipinski definition) is 2. The molecule has 30 heavy (non-hydrogen) atoms. The van der Waals surface area contributed by atoms with Crippen molar-refractivity contribution in [3.63, 3.8) is 0 Å². The van der Waals surface area contributed by atoms with Gasteiger partial charge in [0.05, 0.1) is 11.6 Å². The van der Waals surface area contributed by atoms with Crippen LogP contribution in [-0.2, 0) is 4.79 Å². The summed E-state index contributed by atoms with van der Waals surface area (Å²) in [5, 5.41) is 21.9. The first-order valence-electron chi connectivity index (χ1n) is 9.34. The fraction of sp³-hybridized carbons (Fsp3) is 0.261. The number of nitrogens with one attached hydrogen (secondary N) is 1. The first kappa shape index (κ1) is 20.9. The predicted molar refractivity (Wildman–Crippen MR) is 112 cm³/mol. The third-order valence-corrected chi connectivity index (χ3v) is 4.65. The SMILES string of the molecule is Cc1c(C(=O)Nc2ccc(OC(C(=O)O)C(C)(C)C)cc2)oc2ccc(C#N)cc12. The molecule has 1 atom stereocenters. The molecule has 0 aliphatic heterocycles. The fourth-order valence-corrected chi connectivity index (χ4v) is 3.05. The Labute approximate surface area is 173 Å². The topological polar surface area (TPSA) is 113 Å². The summed E-state index contributed by atoms with van der Waals surface area (Å²) < 4.78 is 11.3. The van der Waals surface area contributed by atoms with E-state index in [9.17, 15) is 14.7 Å². The highest BCUT2D eigenvalue weighted by molar-refractivity contribution is 6.06. The number of nitriles is 1. The summed E-state index contributed by atoms with van der Waals surface area (Å²) in [5.74, 6) is -0.910. The van der Waals surface area contributed by atoms with E-state index in [0.29, 0.717) is 33.5 Å². The van der Waals surface area contributed by atoms with Crippen LogP contribution in [0.3, 0.4) is 0 Å². The lowest BCUT2D eigenvalue weighted by atomic mass is 9.89. The van der Waals surface area contributed by atoms with Crippen LogP contribution in [0.5, 0.6) is 5.75 Å². The van der Waals surface area contributed by atoms with Crippen LogP contribution in [0, 0.1) is 23.7 Å². The lowest BCUT2D eigenvalue weighted by molar-refractivity contribution is -0.150. The largest absolute Gasteiger partial charge is 0.478 e. The molecule has 0 radical (unpaired) electrons. The molecule has 1 unspecified atom stereocenters. The van der Waals surface area contributed by atoms with E-state index in [2.05, 4.69) is 11.4 Å². The second-order valence-corrected chi connectivity index (χ2v) is 8.06. The number of aryl methyl sites for hydroxylation is 1. The normalized spacial score (nSPS) is 12.2. The number of hydrogen-bond acceptors (Lipinski definition) is 5. The zero-order valence-corrected chi connectivity index (χ0v) is 17.1. The van der Waals surface area contributed by atoms with E-state index in [1.54, 1.807) is 70.2 Å². The van der Waals surface area contributed by atoms with Crippen LogP contribution in [0.15, 0.2) is 46.9 Å². The average Bonchev–Trinajstić information content (AvgIpc) is 3.02. The van der Waals surface area contributed by atoms with Crippen molar-refractivity contribution in [3.8, 4) is 11.8 Å². The number of carboxylic acid groups (broad SMARTS) is 1. The Morgan fingerprint density at radius 1 is 1.17 bits per heavy atom. The molecule has 7 heteroatoms. The maximum atomic E-state index is 12.7. The Kier molecular flexibility index (Phi) is 5.52. The Bertz CT molecular complexity index is 1150. The van der Waals surface area contributed by atoms with Gasteiger partial charge in [-0.1, -0.05) is 20.8 Å². The molecule has 3 rings (SSSR count). The molecule has 0 aliphatic carbocycles. The van der Waals surface area contributed by atoms with Crippen molar-refractivity contribution >= 4 is 28.5 Å². The van der Waals surface area contributed by atoms with Crippen molar-refractivity contribution in [2.24, 2.45) is 5.41 Å². The number of aliphatic carboxylic acids is 1. The molecule has 0 saturated carbocycles. The number of benzene rings is 2. The molecular weight excluding hydrogens is 384 g/mol.